The lowest BCUT2D eigenvalue weighted by Crippen LogP contribution is -2.39. The molecule has 2 rings (SSSR count). The van der Waals surface area contributed by atoms with Crippen molar-refractivity contribution in [2.75, 3.05) is 39.9 Å². The minimum absolute atomic E-state index is 0.279. The first-order chi connectivity index (χ1) is 10.0. The Bertz CT molecular complexity index is 449. The fourth-order valence-electron chi connectivity index (χ4n) is 2.31. The molecule has 0 amide bonds. The van der Waals surface area contributed by atoms with Gasteiger partial charge in [0.15, 0.2) is 0 Å². The Balaban J connectivity index is 1.77. The topological polar surface area (TPSA) is 55.2 Å². The van der Waals surface area contributed by atoms with Gasteiger partial charge in [-0.05, 0) is 13.0 Å². The van der Waals surface area contributed by atoms with E-state index in [0.29, 0.717) is 18.9 Å². The van der Waals surface area contributed by atoms with E-state index in [1.165, 1.54) is 4.57 Å². The number of halogens is 3. The van der Waals surface area contributed by atoms with E-state index in [-0.39, 0.29) is 6.54 Å². The van der Waals surface area contributed by atoms with E-state index in [1.54, 1.807) is 7.11 Å². The van der Waals surface area contributed by atoms with Crippen LogP contribution in [0, 0.1) is 0 Å². The third kappa shape index (κ3) is 4.39. The third-order valence-corrected chi connectivity index (χ3v) is 3.39. The summed E-state index contributed by atoms with van der Waals surface area (Å²) >= 11 is 0. The summed E-state index contributed by atoms with van der Waals surface area (Å²) in [6.07, 6.45) is -3.49. The van der Waals surface area contributed by atoms with Crippen LogP contribution < -0.4 is 5.32 Å². The highest BCUT2D eigenvalue weighted by Gasteiger charge is 2.39. The molecule has 0 aliphatic carbocycles. The van der Waals surface area contributed by atoms with Gasteiger partial charge in [-0.1, -0.05) is 0 Å². The first-order valence-corrected chi connectivity index (χ1v) is 6.93. The van der Waals surface area contributed by atoms with Gasteiger partial charge in [0.05, 0.1) is 6.54 Å². The first kappa shape index (κ1) is 16.2. The molecule has 0 atom stereocenters. The lowest BCUT2D eigenvalue weighted by molar-refractivity contribution is -0.148. The number of rotatable bonds is 7. The molecule has 0 radical (unpaired) electrons. The zero-order valence-electron chi connectivity index (χ0n) is 12.0. The Morgan fingerprint density at radius 1 is 1.24 bits per heavy atom. The van der Waals surface area contributed by atoms with Crippen LogP contribution in [-0.2, 0) is 24.0 Å². The zero-order chi connectivity index (χ0) is 15.3. The molecule has 1 N–H and O–H groups in total. The summed E-state index contributed by atoms with van der Waals surface area (Å²) in [5.41, 5.74) is 0. The van der Waals surface area contributed by atoms with E-state index in [2.05, 4.69) is 20.4 Å². The largest absolute Gasteiger partial charge is 0.451 e. The maximum Gasteiger partial charge on any atom is 0.451 e. The van der Waals surface area contributed by atoms with Crippen LogP contribution in [0.25, 0.3) is 0 Å². The fourth-order valence-corrected chi connectivity index (χ4v) is 2.31. The number of alkyl halides is 3. The average Bonchev–Trinajstić information content (AvgIpc) is 2.85. The number of hydrogen-bond acceptors (Lipinski definition) is 5. The Kier molecular flexibility index (Phi) is 5.54. The molecule has 0 fully saturated rings. The lowest BCUT2D eigenvalue weighted by Gasteiger charge is -2.27. The first-order valence-electron chi connectivity index (χ1n) is 6.93. The minimum Gasteiger partial charge on any atom is -0.385 e. The van der Waals surface area contributed by atoms with Crippen LogP contribution >= 0.6 is 0 Å². The molecule has 0 saturated heterocycles. The molecule has 6 nitrogen and oxygen atoms in total. The second-order valence-corrected chi connectivity index (χ2v) is 4.96. The summed E-state index contributed by atoms with van der Waals surface area (Å²) < 4.78 is 44.2. The summed E-state index contributed by atoms with van der Waals surface area (Å²) in [7, 11) is 1.67. The number of fused-ring (bicyclic) bond motifs is 1. The molecule has 0 spiro atoms. The van der Waals surface area contributed by atoms with E-state index in [0.717, 1.165) is 32.7 Å². The molecule has 0 saturated carbocycles. The molecule has 1 aliphatic rings. The number of hydrogen-bond donors (Lipinski definition) is 1. The predicted octanol–water partition coefficient (Wildman–Crippen LogP) is 0.739. The molecular formula is C12H20F3N5O. The van der Waals surface area contributed by atoms with Crippen molar-refractivity contribution in [3.63, 3.8) is 0 Å². The summed E-state index contributed by atoms with van der Waals surface area (Å²) in [4.78, 5) is 2.08. The van der Waals surface area contributed by atoms with Crippen molar-refractivity contribution in [1.29, 1.82) is 0 Å². The highest BCUT2D eigenvalue weighted by molar-refractivity contribution is 5.02. The van der Waals surface area contributed by atoms with Crippen LogP contribution in [0.4, 0.5) is 13.2 Å². The van der Waals surface area contributed by atoms with Gasteiger partial charge in [-0.15, -0.1) is 10.2 Å². The monoisotopic (exact) mass is 307 g/mol. The Labute approximate surface area is 121 Å². The van der Waals surface area contributed by atoms with Crippen LogP contribution in [0.5, 0.6) is 0 Å². The van der Waals surface area contributed by atoms with Gasteiger partial charge in [-0.25, -0.2) is 0 Å². The second kappa shape index (κ2) is 7.19. The van der Waals surface area contributed by atoms with Crippen LogP contribution in [-0.4, -0.2) is 59.6 Å². The molecule has 1 aromatic rings. The van der Waals surface area contributed by atoms with E-state index in [9.17, 15) is 13.2 Å². The van der Waals surface area contributed by atoms with Crippen molar-refractivity contribution >= 4 is 0 Å². The maximum absolute atomic E-state index is 12.7. The molecule has 0 aromatic carbocycles. The molecule has 1 aliphatic heterocycles. The van der Waals surface area contributed by atoms with Crippen molar-refractivity contribution in [2.24, 2.45) is 0 Å². The fraction of sp³-hybridized carbons (Fsp3) is 0.833. The summed E-state index contributed by atoms with van der Waals surface area (Å²) in [5, 5.41) is 10.2. The van der Waals surface area contributed by atoms with Gasteiger partial charge in [-0.2, -0.15) is 13.2 Å². The quantitative estimate of drug-likeness (QED) is 0.753. The Morgan fingerprint density at radius 2 is 2.05 bits per heavy atom. The van der Waals surface area contributed by atoms with Crippen molar-refractivity contribution in [3.8, 4) is 0 Å². The van der Waals surface area contributed by atoms with Crippen molar-refractivity contribution in [1.82, 2.24) is 25.0 Å². The van der Waals surface area contributed by atoms with Gasteiger partial charge in [0, 0.05) is 39.9 Å². The molecule has 0 unspecified atom stereocenters. The van der Waals surface area contributed by atoms with Gasteiger partial charge < -0.3 is 14.6 Å². The lowest BCUT2D eigenvalue weighted by atomic mass is 10.3. The number of nitrogens with zero attached hydrogens (tertiary/aromatic N) is 4. The minimum atomic E-state index is -4.43. The van der Waals surface area contributed by atoms with E-state index < -0.39 is 12.0 Å². The number of methoxy groups -OCH3 is 1. The molecule has 120 valence electrons. The van der Waals surface area contributed by atoms with Gasteiger partial charge in [0.1, 0.15) is 5.82 Å². The zero-order valence-corrected chi connectivity index (χ0v) is 12.0. The standard InChI is InChI=1S/C12H20F3N5O/c1-21-8-2-3-16-4-5-19-6-7-20-10(9-19)17-18-11(20)12(13,14)15/h16H,2-9H2,1H3. The highest BCUT2D eigenvalue weighted by Crippen LogP contribution is 2.29. The summed E-state index contributed by atoms with van der Waals surface area (Å²) in [5.74, 6) is -0.511. The molecule has 9 heteroatoms. The van der Waals surface area contributed by atoms with Gasteiger partial charge >= 0.3 is 6.18 Å². The summed E-state index contributed by atoms with van der Waals surface area (Å²) in [6, 6.07) is 0. The smallest absolute Gasteiger partial charge is 0.385 e. The predicted molar refractivity (Wildman–Crippen MR) is 69.7 cm³/mol. The Morgan fingerprint density at radius 3 is 2.76 bits per heavy atom. The van der Waals surface area contributed by atoms with Gasteiger partial charge in [0.25, 0.3) is 0 Å². The SMILES string of the molecule is COCCCNCCN1CCn2c(nnc2C(F)(F)F)C1. The maximum atomic E-state index is 12.7. The van der Waals surface area contributed by atoms with Gasteiger partial charge in [-0.3, -0.25) is 4.90 Å². The van der Waals surface area contributed by atoms with E-state index >= 15 is 0 Å². The number of ether oxygens (including phenoxy) is 1. The van der Waals surface area contributed by atoms with Crippen LogP contribution in [0.3, 0.4) is 0 Å². The normalized spacial score (nSPS) is 16.2. The highest BCUT2D eigenvalue weighted by atomic mass is 19.4. The number of nitrogens with one attached hydrogen (secondary N) is 1. The Hall–Kier alpha value is -1.19. The van der Waals surface area contributed by atoms with Crippen LogP contribution in [0.2, 0.25) is 0 Å². The third-order valence-electron chi connectivity index (χ3n) is 3.39. The molecule has 1 aromatic heterocycles. The summed E-state index contributed by atoms with van der Waals surface area (Å²) in [6.45, 7) is 4.43. The van der Waals surface area contributed by atoms with Crippen molar-refractivity contribution in [2.45, 2.75) is 25.7 Å². The average molecular weight is 307 g/mol. The van der Waals surface area contributed by atoms with Crippen LogP contribution in [0.1, 0.15) is 18.1 Å². The molecule has 21 heavy (non-hydrogen) atoms. The molecule has 2 heterocycles. The number of aromatic nitrogens is 3. The van der Waals surface area contributed by atoms with Crippen LogP contribution in [0.15, 0.2) is 0 Å². The van der Waals surface area contributed by atoms with Crippen molar-refractivity contribution < 1.29 is 17.9 Å². The van der Waals surface area contributed by atoms with Gasteiger partial charge in [0.2, 0.25) is 5.82 Å². The second-order valence-electron chi connectivity index (χ2n) is 4.96. The molecular weight excluding hydrogens is 287 g/mol. The van der Waals surface area contributed by atoms with E-state index in [1.807, 2.05) is 0 Å². The van der Waals surface area contributed by atoms with E-state index in [4.69, 9.17) is 4.74 Å². The van der Waals surface area contributed by atoms with Crippen molar-refractivity contribution in [3.05, 3.63) is 11.6 Å². The molecule has 0 bridgehead atoms.